The smallest absolute Gasteiger partial charge is 0.264 e. The molecular weight excluding hydrogens is 616 g/mol. The fourth-order valence-corrected chi connectivity index (χ4v) is 6.83. The van der Waals surface area contributed by atoms with Crippen LogP contribution in [0.25, 0.3) is 0 Å². The molecule has 43 heavy (non-hydrogen) atoms. The molecule has 3 aromatic carbocycles. The maximum Gasteiger partial charge on any atom is 0.264 e. The summed E-state index contributed by atoms with van der Waals surface area (Å²) in [6, 6.07) is 14.5. The molecule has 0 radical (unpaired) electrons. The molecule has 0 heterocycles. The van der Waals surface area contributed by atoms with Crippen LogP contribution in [0.4, 0.5) is 10.1 Å². The van der Waals surface area contributed by atoms with E-state index in [1.54, 1.807) is 19.1 Å². The van der Waals surface area contributed by atoms with Gasteiger partial charge in [0.2, 0.25) is 11.8 Å². The van der Waals surface area contributed by atoms with Gasteiger partial charge in [0.15, 0.2) is 0 Å². The largest absolute Gasteiger partial charge is 0.494 e. The fourth-order valence-electron chi connectivity index (χ4n) is 4.95. The van der Waals surface area contributed by atoms with Gasteiger partial charge in [0.1, 0.15) is 24.2 Å². The number of ether oxygens (including phenoxy) is 1. The summed E-state index contributed by atoms with van der Waals surface area (Å²) in [5.74, 6) is -1.09. The van der Waals surface area contributed by atoms with Crippen molar-refractivity contribution >= 4 is 50.7 Å². The van der Waals surface area contributed by atoms with Crippen LogP contribution in [0.3, 0.4) is 0 Å². The highest BCUT2D eigenvalue weighted by atomic mass is 35.5. The normalized spacial score (nSPS) is 14.3. The van der Waals surface area contributed by atoms with Gasteiger partial charge in [-0.05, 0) is 92.9 Å². The topological polar surface area (TPSA) is 96.0 Å². The number of amides is 2. The molecule has 2 amide bonds. The Balaban J connectivity index is 1.69. The Labute approximate surface area is 261 Å². The van der Waals surface area contributed by atoms with Gasteiger partial charge in [0, 0.05) is 22.6 Å². The van der Waals surface area contributed by atoms with Crippen LogP contribution in [0.1, 0.15) is 45.1 Å². The first-order valence-corrected chi connectivity index (χ1v) is 16.2. The molecule has 0 spiro atoms. The predicted octanol–water partition coefficient (Wildman–Crippen LogP) is 6.20. The summed E-state index contributed by atoms with van der Waals surface area (Å²) in [4.78, 5) is 28.6. The van der Waals surface area contributed by atoms with Gasteiger partial charge in [0.05, 0.1) is 17.2 Å². The number of halogens is 3. The van der Waals surface area contributed by atoms with Crippen molar-refractivity contribution in [1.82, 2.24) is 10.2 Å². The molecular formula is C31H34Cl2FN3O5S. The van der Waals surface area contributed by atoms with E-state index in [-0.39, 0.29) is 29.1 Å². The van der Waals surface area contributed by atoms with Gasteiger partial charge in [-0.3, -0.25) is 13.9 Å². The van der Waals surface area contributed by atoms with E-state index in [1.807, 2.05) is 6.92 Å². The minimum absolute atomic E-state index is 0.0155. The quantitative estimate of drug-likeness (QED) is 0.252. The second-order valence-corrected chi connectivity index (χ2v) is 13.0. The Bertz CT molecular complexity index is 1530. The number of nitrogens with one attached hydrogen (secondary N) is 1. The van der Waals surface area contributed by atoms with E-state index in [9.17, 15) is 22.4 Å². The standard InChI is InChI=1S/C31H34Cl2FN3O5S/c1-3-42-27-14-16-28(17-15-27)43(40,41)37(26-12-10-24(34)11-13-26)20-30(38)36(19-22-8-9-23(32)18-29(22)33)21(2)31(39)35-25-6-4-5-7-25/h8-18,21,25H,3-7,19-20H2,1-2H3,(H,35,39)/t21-/m0/s1. The molecule has 0 saturated heterocycles. The Morgan fingerprint density at radius 1 is 1.02 bits per heavy atom. The zero-order chi connectivity index (χ0) is 31.1. The lowest BCUT2D eigenvalue weighted by molar-refractivity contribution is -0.139. The molecule has 1 aliphatic carbocycles. The maximum absolute atomic E-state index is 14.1. The number of hydrogen-bond donors (Lipinski definition) is 1. The lowest BCUT2D eigenvalue weighted by Gasteiger charge is -2.32. The molecule has 0 aromatic heterocycles. The minimum atomic E-state index is -4.31. The molecule has 8 nitrogen and oxygen atoms in total. The van der Waals surface area contributed by atoms with Crippen LogP contribution in [0.15, 0.2) is 71.6 Å². The van der Waals surface area contributed by atoms with E-state index < -0.39 is 34.3 Å². The van der Waals surface area contributed by atoms with E-state index in [4.69, 9.17) is 27.9 Å². The molecule has 1 aliphatic rings. The van der Waals surface area contributed by atoms with Gasteiger partial charge in [-0.2, -0.15) is 0 Å². The number of carbonyl (C=O) groups is 2. The van der Waals surface area contributed by atoms with E-state index in [0.717, 1.165) is 42.1 Å². The van der Waals surface area contributed by atoms with Gasteiger partial charge in [-0.15, -0.1) is 0 Å². The second kappa shape index (κ2) is 14.4. The summed E-state index contributed by atoms with van der Waals surface area (Å²) in [6.07, 6.45) is 3.74. The van der Waals surface area contributed by atoms with Gasteiger partial charge in [0.25, 0.3) is 10.0 Å². The number of anilines is 1. The molecule has 230 valence electrons. The summed E-state index contributed by atoms with van der Waals surface area (Å²) in [7, 11) is -4.31. The van der Waals surface area contributed by atoms with Crippen molar-refractivity contribution in [2.24, 2.45) is 0 Å². The average molecular weight is 651 g/mol. The number of nitrogens with zero attached hydrogens (tertiary/aromatic N) is 2. The summed E-state index contributed by atoms with van der Waals surface area (Å²) in [6.45, 7) is 3.07. The number of sulfonamides is 1. The molecule has 0 unspecified atom stereocenters. The first-order chi connectivity index (χ1) is 20.5. The molecule has 12 heteroatoms. The Kier molecular flexibility index (Phi) is 10.9. The molecule has 1 N–H and O–H groups in total. The third-order valence-electron chi connectivity index (χ3n) is 7.34. The van der Waals surface area contributed by atoms with E-state index >= 15 is 0 Å². The molecule has 0 bridgehead atoms. The average Bonchev–Trinajstić information content (AvgIpc) is 3.49. The lowest BCUT2D eigenvalue weighted by atomic mass is 10.1. The van der Waals surface area contributed by atoms with Crippen molar-refractivity contribution < 1.29 is 27.1 Å². The van der Waals surface area contributed by atoms with Crippen molar-refractivity contribution in [3.05, 3.63) is 88.2 Å². The highest BCUT2D eigenvalue weighted by Crippen LogP contribution is 2.28. The summed E-state index contributed by atoms with van der Waals surface area (Å²) >= 11 is 12.5. The van der Waals surface area contributed by atoms with Gasteiger partial charge in [-0.1, -0.05) is 42.1 Å². The van der Waals surface area contributed by atoms with Gasteiger partial charge in [-0.25, -0.2) is 12.8 Å². The van der Waals surface area contributed by atoms with Crippen LogP contribution >= 0.6 is 23.2 Å². The van der Waals surface area contributed by atoms with Gasteiger partial charge >= 0.3 is 0 Å². The lowest BCUT2D eigenvalue weighted by Crippen LogP contribution is -2.52. The van der Waals surface area contributed by atoms with Crippen LogP contribution in [0.5, 0.6) is 5.75 Å². The SMILES string of the molecule is CCOc1ccc(S(=O)(=O)N(CC(=O)N(Cc2ccc(Cl)cc2Cl)[C@@H](C)C(=O)NC2CCCC2)c2ccc(F)cc2)cc1. The fraction of sp³-hybridized carbons (Fsp3) is 0.355. The molecule has 3 aromatic rings. The van der Waals surface area contributed by atoms with Crippen molar-refractivity contribution in [2.45, 2.75) is 63.1 Å². The van der Waals surface area contributed by atoms with Crippen LogP contribution in [0.2, 0.25) is 10.0 Å². The monoisotopic (exact) mass is 649 g/mol. The molecule has 4 rings (SSSR count). The predicted molar refractivity (Wildman–Crippen MR) is 165 cm³/mol. The van der Waals surface area contributed by atoms with Crippen LogP contribution in [-0.4, -0.2) is 50.4 Å². The summed E-state index contributed by atoms with van der Waals surface area (Å²) < 4.78 is 48.0. The van der Waals surface area contributed by atoms with Crippen molar-refractivity contribution in [1.29, 1.82) is 0 Å². The van der Waals surface area contributed by atoms with Crippen LogP contribution in [0, 0.1) is 5.82 Å². The molecule has 1 saturated carbocycles. The Morgan fingerprint density at radius 3 is 2.28 bits per heavy atom. The maximum atomic E-state index is 14.1. The Hall–Kier alpha value is -3.34. The number of hydrogen-bond acceptors (Lipinski definition) is 5. The molecule has 0 aliphatic heterocycles. The van der Waals surface area contributed by atoms with E-state index in [2.05, 4.69) is 5.32 Å². The first-order valence-electron chi connectivity index (χ1n) is 14.0. The second-order valence-electron chi connectivity index (χ2n) is 10.3. The number of carbonyl (C=O) groups excluding carboxylic acids is 2. The first kappa shape index (κ1) is 32.6. The van der Waals surface area contributed by atoms with Crippen LogP contribution < -0.4 is 14.4 Å². The van der Waals surface area contributed by atoms with Crippen molar-refractivity contribution in [2.75, 3.05) is 17.5 Å². The van der Waals surface area contributed by atoms with Crippen LogP contribution in [-0.2, 0) is 26.2 Å². The third kappa shape index (κ3) is 8.19. The molecule has 1 fully saturated rings. The number of rotatable bonds is 12. The third-order valence-corrected chi connectivity index (χ3v) is 9.72. The highest BCUT2D eigenvalue weighted by molar-refractivity contribution is 7.92. The van der Waals surface area contributed by atoms with Crippen molar-refractivity contribution in [3.8, 4) is 5.75 Å². The van der Waals surface area contributed by atoms with Crippen molar-refractivity contribution in [3.63, 3.8) is 0 Å². The zero-order valence-corrected chi connectivity index (χ0v) is 26.3. The molecule has 1 atom stereocenters. The van der Waals surface area contributed by atoms with Gasteiger partial charge < -0.3 is 15.0 Å². The highest BCUT2D eigenvalue weighted by Gasteiger charge is 2.33. The Morgan fingerprint density at radius 2 is 1.67 bits per heavy atom. The zero-order valence-electron chi connectivity index (χ0n) is 23.9. The van der Waals surface area contributed by atoms with E-state index in [0.29, 0.717) is 28.0 Å². The number of benzene rings is 3. The van der Waals surface area contributed by atoms with E-state index in [1.165, 1.54) is 47.4 Å². The summed E-state index contributed by atoms with van der Waals surface area (Å²) in [5, 5.41) is 3.72. The minimum Gasteiger partial charge on any atom is -0.494 e. The summed E-state index contributed by atoms with van der Waals surface area (Å²) in [5.41, 5.74) is 0.610.